The third kappa shape index (κ3) is 10.3. The molecule has 1 aromatic carbocycles. The minimum atomic E-state index is -2.14. The van der Waals surface area contributed by atoms with Crippen molar-refractivity contribution in [3.63, 3.8) is 0 Å². The van der Waals surface area contributed by atoms with Gasteiger partial charge in [0.15, 0.2) is 28.5 Å². The van der Waals surface area contributed by atoms with E-state index in [-0.39, 0.29) is 57.9 Å². The molecule has 0 spiro atoms. The Kier molecular flexibility index (Phi) is 13.5. The van der Waals surface area contributed by atoms with Crippen LogP contribution in [-0.4, -0.2) is 59.1 Å². The smallest absolute Gasteiger partial charge is 0.347 e. The molecule has 3 aliphatic rings. The molecule has 0 aromatic heterocycles. The Hall–Kier alpha value is -1.63. The van der Waals surface area contributed by atoms with E-state index >= 15 is 0 Å². The number of hydrogen-bond acceptors (Lipinski definition) is 7. The standard InChI is InChI=1S/C40H62Cl2O7Si2/c1-13-33(46-37-31(41)15-14-16-32(37)42)38(44)47-34-23-28(48-50(9,10)39(3,4)5)21-26-18-17-25(2)30(36(26)34)20-19-27-22-29(24-35(43)45-27)49-51(11,12)40(6,7)8/h14-18,21,25,27-30,33-34,36H,13,19-20,22-24H2,1-12H3/t25-,27+,28+,29+,30-,33?,34+,36?/m0/s1. The predicted molar refractivity (Wildman–Crippen MR) is 212 cm³/mol. The Morgan fingerprint density at radius 3 is 2.16 bits per heavy atom. The van der Waals surface area contributed by atoms with Crippen LogP contribution >= 0.6 is 23.2 Å². The highest BCUT2D eigenvalue weighted by molar-refractivity contribution is 6.74. The summed E-state index contributed by atoms with van der Waals surface area (Å²) in [5.41, 5.74) is 1.13. The van der Waals surface area contributed by atoms with Gasteiger partial charge in [-0.05, 0) is 85.1 Å². The molecule has 0 amide bonds. The van der Waals surface area contributed by atoms with Crippen LogP contribution in [0.15, 0.2) is 42.0 Å². The fourth-order valence-electron chi connectivity index (χ4n) is 6.95. The van der Waals surface area contributed by atoms with Crippen LogP contribution in [0.25, 0.3) is 0 Å². The average molecular weight is 782 g/mol. The number of cyclic esters (lactones) is 1. The molecule has 1 fully saturated rings. The highest BCUT2D eigenvalue weighted by atomic mass is 35.5. The highest BCUT2D eigenvalue weighted by Crippen LogP contribution is 2.47. The number of para-hydroxylation sites is 1. The van der Waals surface area contributed by atoms with E-state index in [2.05, 4.69) is 92.9 Å². The van der Waals surface area contributed by atoms with Crippen molar-refractivity contribution < 1.29 is 32.7 Å². The van der Waals surface area contributed by atoms with Crippen LogP contribution in [-0.2, 0) is 27.9 Å². The van der Waals surface area contributed by atoms with Gasteiger partial charge in [-0.2, -0.15) is 0 Å². The van der Waals surface area contributed by atoms with Gasteiger partial charge in [0, 0.05) is 18.8 Å². The van der Waals surface area contributed by atoms with Crippen LogP contribution in [0, 0.1) is 17.8 Å². The predicted octanol–water partition coefficient (Wildman–Crippen LogP) is 11.1. The monoisotopic (exact) mass is 780 g/mol. The summed E-state index contributed by atoms with van der Waals surface area (Å²) in [6.45, 7) is 26.4. The first kappa shape index (κ1) is 42.1. The molecule has 0 bridgehead atoms. The number of allylic oxidation sites excluding steroid dienone is 2. The first-order valence-corrected chi connectivity index (χ1v) is 25.4. The SMILES string of the molecule is CCC(Oc1c(Cl)cccc1Cl)C(=O)O[C@@H]1C[C@H](O[Si](C)(C)C(C)(C)C)C=C2C=C[C@H](C)[C@H](CC[C@@H]3C[C@@H](O[Si](C)(C)C(C)(C)C)CC(=O)O3)C21. The normalized spacial score (nSPS) is 28.0. The van der Waals surface area contributed by atoms with Crippen molar-refractivity contribution in [2.24, 2.45) is 17.8 Å². The molecule has 1 aromatic rings. The van der Waals surface area contributed by atoms with Crippen LogP contribution in [0.2, 0.25) is 46.3 Å². The van der Waals surface area contributed by atoms with Crippen molar-refractivity contribution in [1.29, 1.82) is 0 Å². The van der Waals surface area contributed by atoms with E-state index in [0.29, 0.717) is 42.1 Å². The highest BCUT2D eigenvalue weighted by Gasteiger charge is 2.47. The third-order valence-corrected chi connectivity index (χ3v) is 21.6. The van der Waals surface area contributed by atoms with E-state index in [9.17, 15) is 9.59 Å². The van der Waals surface area contributed by atoms with Crippen molar-refractivity contribution in [2.75, 3.05) is 0 Å². The number of ether oxygens (including phenoxy) is 3. The fourth-order valence-corrected chi connectivity index (χ4v) is 10.1. The first-order chi connectivity index (χ1) is 23.5. The lowest BCUT2D eigenvalue weighted by molar-refractivity contribution is -0.164. The molecule has 4 rings (SSSR count). The molecule has 0 N–H and O–H groups in total. The molecular weight excluding hydrogens is 720 g/mol. The van der Waals surface area contributed by atoms with Gasteiger partial charge in [-0.1, -0.05) is 103 Å². The van der Waals surface area contributed by atoms with Crippen molar-refractivity contribution in [1.82, 2.24) is 0 Å². The maximum absolute atomic E-state index is 14.0. The summed E-state index contributed by atoms with van der Waals surface area (Å²) in [6.07, 6.45) is 8.29. The Morgan fingerprint density at radius 2 is 1.57 bits per heavy atom. The maximum atomic E-state index is 14.0. The van der Waals surface area contributed by atoms with E-state index in [0.717, 1.165) is 12.0 Å². The van der Waals surface area contributed by atoms with Gasteiger partial charge >= 0.3 is 11.9 Å². The molecule has 1 heterocycles. The molecule has 11 heteroatoms. The number of hydrogen-bond donors (Lipinski definition) is 0. The molecule has 51 heavy (non-hydrogen) atoms. The largest absolute Gasteiger partial charge is 0.476 e. The molecule has 1 aliphatic heterocycles. The topological polar surface area (TPSA) is 80.3 Å². The van der Waals surface area contributed by atoms with E-state index in [4.69, 9.17) is 46.3 Å². The van der Waals surface area contributed by atoms with Crippen molar-refractivity contribution in [2.45, 2.75) is 161 Å². The number of carbonyl (C=O) groups excluding carboxylic acids is 2. The van der Waals surface area contributed by atoms with Crippen molar-refractivity contribution >= 4 is 51.8 Å². The maximum Gasteiger partial charge on any atom is 0.347 e. The summed E-state index contributed by atoms with van der Waals surface area (Å²) in [7, 11) is -4.19. The summed E-state index contributed by atoms with van der Waals surface area (Å²) in [5, 5.41) is 0.752. The summed E-state index contributed by atoms with van der Waals surface area (Å²) in [4.78, 5) is 26.8. The summed E-state index contributed by atoms with van der Waals surface area (Å²) in [6, 6.07) is 5.12. The second-order valence-electron chi connectivity index (χ2n) is 17.9. The van der Waals surface area contributed by atoms with Gasteiger partial charge in [-0.25, -0.2) is 4.79 Å². The molecule has 286 valence electrons. The van der Waals surface area contributed by atoms with E-state index in [1.54, 1.807) is 18.2 Å². The van der Waals surface area contributed by atoms with Gasteiger partial charge in [0.25, 0.3) is 0 Å². The van der Waals surface area contributed by atoms with Crippen LogP contribution in [0.5, 0.6) is 5.75 Å². The van der Waals surface area contributed by atoms with E-state index in [1.165, 1.54) is 0 Å². The van der Waals surface area contributed by atoms with Gasteiger partial charge in [0.1, 0.15) is 12.2 Å². The van der Waals surface area contributed by atoms with E-state index in [1.807, 2.05) is 6.92 Å². The quantitative estimate of drug-likeness (QED) is 0.154. The lowest BCUT2D eigenvalue weighted by Gasteiger charge is -2.46. The average Bonchev–Trinajstić information content (AvgIpc) is 2.98. The third-order valence-electron chi connectivity index (χ3n) is 12.0. The number of esters is 2. The van der Waals surface area contributed by atoms with Gasteiger partial charge < -0.3 is 23.1 Å². The Bertz CT molecular complexity index is 1440. The summed E-state index contributed by atoms with van der Waals surface area (Å²) < 4.78 is 32.2. The van der Waals surface area contributed by atoms with E-state index < -0.39 is 34.8 Å². The molecule has 8 atom stereocenters. The van der Waals surface area contributed by atoms with Gasteiger partial charge in [-0.3, -0.25) is 4.79 Å². The zero-order valence-corrected chi connectivity index (χ0v) is 36.5. The number of halogens is 2. The number of rotatable bonds is 12. The van der Waals surface area contributed by atoms with Crippen LogP contribution in [0.1, 0.15) is 93.9 Å². The minimum absolute atomic E-state index is 0.0208. The van der Waals surface area contributed by atoms with Gasteiger partial charge in [0.2, 0.25) is 0 Å². The van der Waals surface area contributed by atoms with Crippen molar-refractivity contribution in [3.8, 4) is 5.75 Å². The molecule has 0 saturated carbocycles. The Labute approximate surface area is 319 Å². The molecule has 2 unspecified atom stereocenters. The number of benzene rings is 1. The number of carbonyl (C=O) groups is 2. The van der Waals surface area contributed by atoms with Crippen LogP contribution < -0.4 is 4.74 Å². The first-order valence-electron chi connectivity index (χ1n) is 18.8. The van der Waals surface area contributed by atoms with Gasteiger partial charge in [0.05, 0.1) is 28.7 Å². The molecule has 2 aliphatic carbocycles. The van der Waals surface area contributed by atoms with Gasteiger partial charge in [-0.15, -0.1) is 0 Å². The number of fused-ring (bicyclic) bond motifs is 1. The summed E-state index contributed by atoms with van der Waals surface area (Å²) >= 11 is 12.8. The summed E-state index contributed by atoms with van der Waals surface area (Å²) in [5.74, 6) is -0.0200. The second-order valence-corrected chi connectivity index (χ2v) is 28.2. The lowest BCUT2D eigenvalue weighted by atomic mass is 9.66. The lowest BCUT2D eigenvalue weighted by Crippen LogP contribution is -2.49. The zero-order valence-electron chi connectivity index (χ0n) is 32.9. The fraction of sp³-hybridized carbons (Fsp3) is 0.700. The van der Waals surface area contributed by atoms with Crippen LogP contribution in [0.3, 0.4) is 0 Å². The Balaban J connectivity index is 1.58. The minimum Gasteiger partial charge on any atom is -0.476 e. The molecule has 7 nitrogen and oxygen atoms in total. The second kappa shape index (κ2) is 16.4. The molecule has 1 saturated heterocycles. The zero-order chi connectivity index (χ0) is 38.1. The van der Waals surface area contributed by atoms with Crippen molar-refractivity contribution in [3.05, 3.63) is 52.0 Å². The Morgan fingerprint density at radius 1 is 0.961 bits per heavy atom. The molecular formula is C40H62Cl2O7Si2. The van der Waals surface area contributed by atoms with Crippen LogP contribution in [0.4, 0.5) is 0 Å². The molecule has 0 radical (unpaired) electrons.